The number of carboxylic acids is 1. The molecular formula is C7H13NO5. The maximum atomic E-state index is 11.0. The topological polar surface area (TPSA) is 98.1 Å². The Balaban J connectivity index is 3.66. The average molecular weight is 191 g/mol. The van der Waals surface area contributed by atoms with Crippen molar-refractivity contribution < 1.29 is 24.9 Å². The van der Waals surface area contributed by atoms with E-state index in [4.69, 9.17) is 15.3 Å². The van der Waals surface area contributed by atoms with Crippen LogP contribution in [0.5, 0.6) is 0 Å². The van der Waals surface area contributed by atoms with E-state index < -0.39 is 25.3 Å². The van der Waals surface area contributed by atoms with Crippen LogP contribution in [0.2, 0.25) is 0 Å². The van der Waals surface area contributed by atoms with Crippen molar-refractivity contribution in [2.24, 2.45) is 0 Å². The summed E-state index contributed by atoms with van der Waals surface area (Å²) >= 11 is 0. The normalized spacial score (nSPS) is 9.69. The van der Waals surface area contributed by atoms with Crippen LogP contribution in [0.4, 0.5) is 0 Å². The van der Waals surface area contributed by atoms with Crippen molar-refractivity contribution in [3.05, 3.63) is 0 Å². The van der Waals surface area contributed by atoms with Gasteiger partial charge in [-0.15, -0.1) is 0 Å². The third-order valence-electron chi connectivity index (χ3n) is 1.48. The van der Waals surface area contributed by atoms with Crippen LogP contribution < -0.4 is 0 Å². The van der Waals surface area contributed by atoms with Crippen LogP contribution in [0.25, 0.3) is 0 Å². The molecule has 0 aromatic rings. The quantitative estimate of drug-likeness (QED) is 0.466. The molecule has 1 amide bonds. The molecule has 0 bridgehead atoms. The predicted octanol–water partition coefficient (Wildman–Crippen LogP) is -1.03. The summed E-state index contributed by atoms with van der Waals surface area (Å²) in [6.45, 7) is -1.11. The number of aliphatic hydroxyl groups excluding tert-OH is 2. The highest BCUT2D eigenvalue weighted by atomic mass is 16.4. The van der Waals surface area contributed by atoms with Gasteiger partial charge in [0.1, 0.15) is 13.5 Å². The van der Waals surface area contributed by atoms with E-state index >= 15 is 0 Å². The molecule has 6 heteroatoms. The molecule has 0 aromatic carbocycles. The van der Waals surface area contributed by atoms with Crippen LogP contribution in [0.1, 0.15) is 19.3 Å². The van der Waals surface area contributed by atoms with E-state index in [0.717, 1.165) is 4.90 Å². The number of amides is 1. The Morgan fingerprint density at radius 2 is 1.62 bits per heavy atom. The number of hydrogen-bond acceptors (Lipinski definition) is 4. The molecule has 0 aliphatic heterocycles. The zero-order valence-electron chi connectivity index (χ0n) is 7.14. The second kappa shape index (κ2) is 6.38. The van der Waals surface area contributed by atoms with E-state index in [-0.39, 0.29) is 19.3 Å². The fourth-order valence-corrected chi connectivity index (χ4v) is 0.751. The van der Waals surface area contributed by atoms with Crippen molar-refractivity contribution in [2.45, 2.75) is 19.3 Å². The Labute approximate surface area is 75.4 Å². The minimum atomic E-state index is -0.965. The monoisotopic (exact) mass is 191 g/mol. The number of carbonyl (C=O) groups is 2. The molecule has 3 N–H and O–H groups in total. The summed E-state index contributed by atoms with van der Waals surface area (Å²) in [5.41, 5.74) is 0. The minimum absolute atomic E-state index is 0.0212. The molecule has 0 aliphatic carbocycles. The van der Waals surface area contributed by atoms with Crippen LogP contribution in [0, 0.1) is 0 Å². The fraction of sp³-hybridized carbons (Fsp3) is 0.714. The Morgan fingerprint density at radius 1 is 1.08 bits per heavy atom. The molecule has 6 nitrogen and oxygen atoms in total. The van der Waals surface area contributed by atoms with Crippen LogP contribution >= 0.6 is 0 Å². The van der Waals surface area contributed by atoms with Gasteiger partial charge in [-0.05, 0) is 6.42 Å². The smallest absolute Gasteiger partial charge is 0.303 e. The molecule has 0 unspecified atom stereocenters. The third kappa shape index (κ3) is 5.15. The van der Waals surface area contributed by atoms with Gasteiger partial charge >= 0.3 is 5.97 Å². The summed E-state index contributed by atoms with van der Waals surface area (Å²) in [6.07, 6.45) is 0.147. The van der Waals surface area contributed by atoms with E-state index in [0.29, 0.717) is 0 Å². The molecule has 0 aliphatic rings. The lowest BCUT2D eigenvalue weighted by Crippen LogP contribution is -2.32. The van der Waals surface area contributed by atoms with Gasteiger partial charge in [-0.2, -0.15) is 0 Å². The first kappa shape index (κ1) is 11.9. The molecule has 0 rings (SSSR count). The van der Waals surface area contributed by atoms with Crippen molar-refractivity contribution in [3.8, 4) is 0 Å². The standard InChI is InChI=1S/C7H13NO5/c9-4-8(5-10)6(11)2-1-3-7(12)13/h9-10H,1-5H2,(H,12,13). The first-order chi connectivity index (χ1) is 6.11. The van der Waals surface area contributed by atoms with Gasteiger partial charge in [-0.25, -0.2) is 0 Å². The van der Waals surface area contributed by atoms with Crippen LogP contribution in [-0.4, -0.2) is 45.6 Å². The maximum Gasteiger partial charge on any atom is 0.303 e. The Bertz CT molecular complexity index is 178. The van der Waals surface area contributed by atoms with Gasteiger partial charge in [0.05, 0.1) is 0 Å². The molecule has 0 fully saturated rings. The van der Waals surface area contributed by atoms with E-state index in [1.807, 2.05) is 0 Å². The number of aliphatic hydroxyl groups is 2. The molecule has 0 atom stereocenters. The van der Waals surface area contributed by atoms with Gasteiger partial charge in [0, 0.05) is 12.8 Å². The van der Waals surface area contributed by atoms with Crippen molar-refractivity contribution in [1.29, 1.82) is 0 Å². The number of hydrogen-bond donors (Lipinski definition) is 3. The van der Waals surface area contributed by atoms with Crippen LogP contribution in [0.15, 0.2) is 0 Å². The molecular weight excluding hydrogens is 178 g/mol. The first-order valence-electron chi connectivity index (χ1n) is 3.83. The molecule has 0 heterocycles. The zero-order valence-corrected chi connectivity index (χ0v) is 7.14. The van der Waals surface area contributed by atoms with Gasteiger partial charge < -0.3 is 15.3 Å². The Kier molecular flexibility index (Phi) is 5.82. The lowest BCUT2D eigenvalue weighted by molar-refractivity contribution is -0.140. The molecule has 13 heavy (non-hydrogen) atoms. The van der Waals surface area contributed by atoms with Crippen molar-refractivity contribution >= 4 is 11.9 Å². The largest absolute Gasteiger partial charge is 0.481 e. The highest BCUT2D eigenvalue weighted by Gasteiger charge is 2.10. The molecule has 0 saturated carbocycles. The van der Waals surface area contributed by atoms with E-state index in [9.17, 15) is 9.59 Å². The summed E-state index contributed by atoms with van der Waals surface area (Å²) in [5, 5.41) is 25.3. The minimum Gasteiger partial charge on any atom is -0.481 e. The highest BCUT2D eigenvalue weighted by molar-refractivity contribution is 5.76. The molecule has 0 saturated heterocycles. The summed E-state index contributed by atoms with van der Waals surface area (Å²) in [6, 6.07) is 0. The number of carbonyl (C=O) groups excluding carboxylic acids is 1. The molecule has 0 aromatic heterocycles. The fourth-order valence-electron chi connectivity index (χ4n) is 0.751. The lowest BCUT2D eigenvalue weighted by Gasteiger charge is -2.15. The third-order valence-corrected chi connectivity index (χ3v) is 1.48. The zero-order chi connectivity index (χ0) is 10.3. The number of carboxylic acid groups (broad SMARTS) is 1. The Morgan fingerprint density at radius 3 is 2.00 bits per heavy atom. The number of nitrogens with zero attached hydrogens (tertiary/aromatic N) is 1. The van der Waals surface area contributed by atoms with E-state index in [2.05, 4.69) is 0 Å². The number of aliphatic carboxylic acids is 1. The number of rotatable bonds is 6. The van der Waals surface area contributed by atoms with Gasteiger partial charge in [-0.1, -0.05) is 0 Å². The van der Waals surface area contributed by atoms with E-state index in [1.54, 1.807) is 0 Å². The summed E-state index contributed by atoms with van der Waals surface area (Å²) in [5.74, 6) is -1.42. The summed E-state index contributed by atoms with van der Waals surface area (Å²) < 4.78 is 0. The van der Waals surface area contributed by atoms with E-state index in [1.165, 1.54) is 0 Å². The summed E-state index contributed by atoms with van der Waals surface area (Å²) in [4.78, 5) is 21.9. The van der Waals surface area contributed by atoms with Crippen molar-refractivity contribution in [3.63, 3.8) is 0 Å². The SMILES string of the molecule is O=C(O)CCCC(=O)N(CO)CO. The van der Waals surface area contributed by atoms with Crippen LogP contribution in [-0.2, 0) is 9.59 Å². The van der Waals surface area contributed by atoms with Crippen molar-refractivity contribution in [1.82, 2.24) is 4.90 Å². The summed E-state index contributed by atoms with van der Waals surface area (Å²) in [7, 11) is 0. The average Bonchev–Trinajstić information content (AvgIpc) is 2.05. The Hall–Kier alpha value is -1.14. The second-order valence-electron chi connectivity index (χ2n) is 2.46. The molecule has 0 radical (unpaired) electrons. The second-order valence-corrected chi connectivity index (χ2v) is 2.46. The van der Waals surface area contributed by atoms with Gasteiger partial charge in [0.15, 0.2) is 0 Å². The highest BCUT2D eigenvalue weighted by Crippen LogP contribution is 1.99. The van der Waals surface area contributed by atoms with Gasteiger partial charge in [0.2, 0.25) is 5.91 Å². The lowest BCUT2D eigenvalue weighted by atomic mass is 10.2. The maximum absolute atomic E-state index is 11.0. The van der Waals surface area contributed by atoms with Gasteiger partial charge in [-0.3, -0.25) is 14.5 Å². The molecule has 76 valence electrons. The predicted molar refractivity (Wildman–Crippen MR) is 42.5 cm³/mol. The first-order valence-corrected chi connectivity index (χ1v) is 3.83. The van der Waals surface area contributed by atoms with Crippen LogP contribution in [0.3, 0.4) is 0 Å². The van der Waals surface area contributed by atoms with Gasteiger partial charge in [0.25, 0.3) is 0 Å². The molecule has 0 spiro atoms. The van der Waals surface area contributed by atoms with Crippen molar-refractivity contribution in [2.75, 3.05) is 13.5 Å².